The lowest BCUT2D eigenvalue weighted by atomic mass is 9.86. The summed E-state index contributed by atoms with van der Waals surface area (Å²) in [5.41, 5.74) is 2.96. The Hall–Kier alpha value is -0.720. The maximum absolute atomic E-state index is 3.41. The first-order valence-corrected chi connectivity index (χ1v) is 4.92. The van der Waals surface area contributed by atoms with Crippen molar-refractivity contribution < 1.29 is 0 Å². The molecule has 1 N–H and O–H groups in total. The first-order valence-electron chi connectivity index (χ1n) is 4.92. The molecule has 1 aliphatic carbocycles. The number of hydrogen-bond acceptors (Lipinski definition) is 1. The highest BCUT2D eigenvalue weighted by Crippen LogP contribution is 2.30. The molecular weight excluding hydrogens is 146 g/mol. The summed E-state index contributed by atoms with van der Waals surface area (Å²) in [4.78, 5) is 0. The summed E-state index contributed by atoms with van der Waals surface area (Å²) in [5.74, 6) is 1.57. The second-order valence-electron chi connectivity index (χ2n) is 4.13. The highest BCUT2D eigenvalue weighted by Gasteiger charge is 2.20. The average molecular weight is 163 g/mol. The monoisotopic (exact) mass is 163 g/mol. The Morgan fingerprint density at radius 2 is 2.33 bits per heavy atom. The summed E-state index contributed by atoms with van der Waals surface area (Å²) in [7, 11) is 0. The van der Waals surface area contributed by atoms with Gasteiger partial charge in [0, 0.05) is 12.2 Å². The fraction of sp³-hybridized carbons (Fsp3) is 0.636. The Bertz CT molecular complexity index is 235. The van der Waals surface area contributed by atoms with Crippen LogP contribution in [0, 0.1) is 11.8 Å². The number of fused-ring (bicyclic) bond motifs is 1. The van der Waals surface area contributed by atoms with E-state index in [-0.39, 0.29) is 0 Å². The van der Waals surface area contributed by atoms with E-state index in [1.165, 1.54) is 18.5 Å². The Morgan fingerprint density at radius 3 is 3.08 bits per heavy atom. The van der Waals surface area contributed by atoms with Gasteiger partial charge in [-0.15, -0.1) is 0 Å². The third kappa shape index (κ3) is 1.28. The summed E-state index contributed by atoms with van der Waals surface area (Å²) in [6.45, 7) is 5.76. The lowest BCUT2D eigenvalue weighted by molar-refractivity contribution is 0.463. The Labute approximate surface area is 74.5 Å². The summed E-state index contributed by atoms with van der Waals surface area (Å²) >= 11 is 0. The standard InChI is InChI=1S/C11H17N/c1-8(2)9-3-4-11-10(7-9)5-6-12-11/h4,7-9,12H,3,5-6H2,1-2H3. The average Bonchev–Trinajstić information content (AvgIpc) is 2.49. The molecule has 0 spiro atoms. The number of rotatable bonds is 1. The smallest absolute Gasteiger partial charge is 0.0330 e. The minimum Gasteiger partial charge on any atom is -0.385 e. The van der Waals surface area contributed by atoms with Crippen molar-refractivity contribution in [3.8, 4) is 0 Å². The zero-order valence-electron chi connectivity index (χ0n) is 7.93. The van der Waals surface area contributed by atoms with Crippen LogP contribution in [0.4, 0.5) is 0 Å². The second-order valence-corrected chi connectivity index (χ2v) is 4.13. The predicted octanol–water partition coefficient (Wildman–Crippen LogP) is 2.47. The van der Waals surface area contributed by atoms with E-state index in [9.17, 15) is 0 Å². The highest BCUT2D eigenvalue weighted by atomic mass is 14.9. The van der Waals surface area contributed by atoms with Crippen LogP contribution in [0.15, 0.2) is 23.4 Å². The van der Waals surface area contributed by atoms with Gasteiger partial charge in [0.2, 0.25) is 0 Å². The van der Waals surface area contributed by atoms with Crippen LogP contribution in [-0.2, 0) is 0 Å². The SMILES string of the molecule is CC(C)C1C=C2CCNC2=CC1. The fourth-order valence-electron chi connectivity index (χ4n) is 2.00. The highest BCUT2D eigenvalue weighted by molar-refractivity contribution is 5.37. The lowest BCUT2D eigenvalue weighted by Crippen LogP contribution is -2.12. The van der Waals surface area contributed by atoms with Crippen LogP contribution >= 0.6 is 0 Å². The third-order valence-corrected chi connectivity index (χ3v) is 2.92. The van der Waals surface area contributed by atoms with E-state index in [0.717, 1.165) is 18.4 Å². The van der Waals surface area contributed by atoms with Gasteiger partial charge >= 0.3 is 0 Å². The molecule has 2 rings (SSSR count). The summed E-state index contributed by atoms with van der Waals surface area (Å²) in [6, 6.07) is 0. The van der Waals surface area contributed by atoms with Gasteiger partial charge in [-0.1, -0.05) is 26.0 Å². The predicted molar refractivity (Wildman–Crippen MR) is 51.7 cm³/mol. The topological polar surface area (TPSA) is 12.0 Å². The van der Waals surface area contributed by atoms with Crippen molar-refractivity contribution >= 4 is 0 Å². The molecule has 0 aromatic carbocycles. The van der Waals surface area contributed by atoms with E-state index in [1.54, 1.807) is 5.57 Å². The van der Waals surface area contributed by atoms with Crippen molar-refractivity contribution in [2.75, 3.05) is 6.54 Å². The van der Waals surface area contributed by atoms with Gasteiger partial charge < -0.3 is 5.32 Å². The Balaban J connectivity index is 2.16. The van der Waals surface area contributed by atoms with Crippen LogP contribution < -0.4 is 5.32 Å². The van der Waals surface area contributed by atoms with E-state index >= 15 is 0 Å². The van der Waals surface area contributed by atoms with Crippen LogP contribution in [0.1, 0.15) is 26.7 Å². The molecule has 1 unspecified atom stereocenters. The zero-order valence-corrected chi connectivity index (χ0v) is 7.93. The molecule has 12 heavy (non-hydrogen) atoms. The molecule has 1 aliphatic heterocycles. The first kappa shape index (κ1) is 7.90. The Kier molecular flexibility index (Phi) is 1.95. The molecule has 1 atom stereocenters. The van der Waals surface area contributed by atoms with Gasteiger partial charge in [0.05, 0.1) is 0 Å². The van der Waals surface area contributed by atoms with Crippen LogP contribution in [0.2, 0.25) is 0 Å². The van der Waals surface area contributed by atoms with Crippen LogP contribution in [0.25, 0.3) is 0 Å². The molecule has 1 heteroatoms. The third-order valence-electron chi connectivity index (χ3n) is 2.92. The molecule has 0 amide bonds. The number of nitrogens with one attached hydrogen (secondary N) is 1. The van der Waals surface area contributed by atoms with Gasteiger partial charge in [0.25, 0.3) is 0 Å². The second kappa shape index (κ2) is 2.96. The maximum Gasteiger partial charge on any atom is 0.0330 e. The van der Waals surface area contributed by atoms with Gasteiger partial charge in [-0.2, -0.15) is 0 Å². The summed E-state index contributed by atoms with van der Waals surface area (Å²) in [5, 5.41) is 3.41. The quantitative estimate of drug-likeness (QED) is 0.626. The van der Waals surface area contributed by atoms with E-state index in [1.807, 2.05) is 0 Å². The molecule has 0 aromatic heterocycles. The van der Waals surface area contributed by atoms with Crippen molar-refractivity contribution in [1.29, 1.82) is 0 Å². The van der Waals surface area contributed by atoms with Gasteiger partial charge in [-0.25, -0.2) is 0 Å². The molecule has 0 saturated carbocycles. The molecule has 0 aromatic rings. The van der Waals surface area contributed by atoms with Crippen LogP contribution in [0.3, 0.4) is 0 Å². The lowest BCUT2D eigenvalue weighted by Gasteiger charge is -2.20. The molecule has 1 saturated heterocycles. The van der Waals surface area contributed by atoms with Crippen molar-refractivity contribution in [3.63, 3.8) is 0 Å². The Morgan fingerprint density at radius 1 is 1.50 bits per heavy atom. The van der Waals surface area contributed by atoms with Crippen LogP contribution in [0.5, 0.6) is 0 Å². The molecule has 1 fully saturated rings. The number of allylic oxidation sites excluding steroid dienone is 3. The van der Waals surface area contributed by atoms with E-state index in [2.05, 4.69) is 31.3 Å². The maximum atomic E-state index is 3.41. The normalized spacial score (nSPS) is 27.8. The van der Waals surface area contributed by atoms with E-state index < -0.39 is 0 Å². The van der Waals surface area contributed by atoms with Crippen molar-refractivity contribution in [2.24, 2.45) is 11.8 Å². The van der Waals surface area contributed by atoms with Gasteiger partial charge in [0.1, 0.15) is 0 Å². The molecular formula is C11H17N. The van der Waals surface area contributed by atoms with Crippen molar-refractivity contribution in [1.82, 2.24) is 5.32 Å². The molecule has 1 nitrogen and oxygen atoms in total. The number of hydrogen-bond donors (Lipinski definition) is 1. The minimum absolute atomic E-state index is 0.781. The summed E-state index contributed by atoms with van der Waals surface area (Å²) < 4.78 is 0. The van der Waals surface area contributed by atoms with E-state index in [4.69, 9.17) is 0 Å². The zero-order chi connectivity index (χ0) is 8.55. The van der Waals surface area contributed by atoms with Gasteiger partial charge in [-0.3, -0.25) is 0 Å². The van der Waals surface area contributed by atoms with Gasteiger partial charge in [0.15, 0.2) is 0 Å². The van der Waals surface area contributed by atoms with E-state index in [0.29, 0.717) is 0 Å². The van der Waals surface area contributed by atoms with Gasteiger partial charge in [-0.05, 0) is 30.3 Å². The minimum atomic E-state index is 0.781. The van der Waals surface area contributed by atoms with Crippen LogP contribution in [-0.4, -0.2) is 6.54 Å². The molecule has 1 heterocycles. The van der Waals surface area contributed by atoms with Crippen molar-refractivity contribution in [3.05, 3.63) is 23.4 Å². The molecule has 0 bridgehead atoms. The van der Waals surface area contributed by atoms with Crippen molar-refractivity contribution in [2.45, 2.75) is 26.7 Å². The first-order chi connectivity index (χ1) is 5.77. The molecule has 2 aliphatic rings. The fourth-order valence-corrected chi connectivity index (χ4v) is 2.00. The largest absolute Gasteiger partial charge is 0.385 e. The molecule has 0 radical (unpaired) electrons. The summed E-state index contributed by atoms with van der Waals surface area (Å²) in [6.07, 6.45) is 7.30. The molecule has 66 valence electrons.